The molecule has 1 aromatic rings. The smallest absolute Gasteiger partial charge is 0.201 e. The van der Waals surface area contributed by atoms with Crippen molar-refractivity contribution in [2.24, 2.45) is 0 Å². The normalized spacial score (nSPS) is 10.3. The molecule has 0 unspecified atom stereocenters. The van der Waals surface area contributed by atoms with Crippen LogP contribution in [0.2, 0.25) is 0 Å². The largest absolute Gasteiger partial charge is 0.240 e. The maximum atomic E-state index is 10.0. The number of nitrogens with zero attached hydrogens (tertiary/aromatic N) is 2. The van der Waals surface area contributed by atoms with Crippen molar-refractivity contribution in [3.8, 4) is 0 Å². The van der Waals surface area contributed by atoms with Crippen molar-refractivity contribution in [3.63, 3.8) is 0 Å². The van der Waals surface area contributed by atoms with Gasteiger partial charge in [-0.3, -0.25) is 0 Å². The predicted molar refractivity (Wildman–Crippen MR) is 39.2 cm³/mol. The molecule has 0 amide bonds. The highest BCUT2D eigenvalue weighted by atomic mass is 32.2. The first kappa shape index (κ1) is 8.09. The van der Waals surface area contributed by atoms with Crippen molar-refractivity contribution in [1.29, 1.82) is 0 Å². The van der Waals surface area contributed by atoms with Crippen molar-refractivity contribution in [2.75, 3.05) is 0 Å². The Labute approximate surface area is 65.6 Å². The molecule has 1 rings (SSSR count). The summed E-state index contributed by atoms with van der Waals surface area (Å²) in [5, 5.41) is 0. The van der Waals surface area contributed by atoms with Crippen LogP contribution in [0, 0.1) is 0 Å². The second-order valence-corrected chi connectivity index (χ2v) is 2.59. The number of rotatable bonds is 3. The third kappa shape index (κ3) is 3.06. The van der Waals surface area contributed by atoms with E-state index in [1.807, 2.05) is 0 Å². The van der Waals surface area contributed by atoms with Crippen molar-refractivity contribution in [1.82, 2.24) is 14.7 Å². The summed E-state index contributed by atoms with van der Waals surface area (Å²) in [6.45, 7) is 0.152. The molecule has 1 heterocycles. The monoisotopic (exact) mass is 173 g/mol. The summed E-state index contributed by atoms with van der Waals surface area (Å²) < 4.78 is 22.3. The van der Waals surface area contributed by atoms with E-state index in [0.29, 0.717) is 5.82 Å². The maximum absolute atomic E-state index is 10.0. The second-order valence-electron chi connectivity index (χ2n) is 1.76. The molecule has 0 saturated carbocycles. The van der Waals surface area contributed by atoms with E-state index in [1.54, 1.807) is 18.5 Å². The molecular weight excluding hydrogens is 166 g/mol. The summed E-state index contributed by atoms with van der Waals surface area (Å²) in [5.41, 5.74) is 0. The van der Waals surface area contributed by atoms with E-state index in [0.717, 1.165) is 0 Å². The quantitative estimate of drug-likeness (QED) is 0.581. The molecule has 0 spiro atoms. The standard InChI is InChI=1S/C5H7N3O2S/c9-11(10)8-4-5-6-2-1-3-7-5/h1-3,11H,4H2,(H,8,9,10). The molecule has 0 aliphatic rings. The SMILES string of the molecule is O=[SH](=O)NCc1ncccn1. The Balaban J connectivity index is 2.52. The molecule has 6 heteroatoms. The molecule has 1 N–H and O–H groups in total. The summed E-state index contributed by atoms with van der Waals surface area (Å²) in [6.07, 6.45) is 3.11. The minimum Gasteiger partial charge on any atom is -0.240 e. The van der Waals surface area contributed by atoms with Crippen LogP contribution in [0.1, 0.15) is 5.82 Å². The molecule has 0 bridgehead atoms. The van der Waals surface area contributed by atoms with E-state index in [1.165, 1.54) is 0 Å². The van der Waals surface area contributed by atoms with Crippen LogP contribution in [0.5, 0.6) is 0 Å². The van der Waals surface area contributed by atoms with Gasteiger partial charge in [-0.2, -0.15) is 0 Å². The van der Waals surface area contributed by atoms with Gasteiger partial charge in [0, 0.05) is 12.4 Å². The summed E-state index contributed by atoms with van der Waals surface area (Å²) >= 11 is 0. The molecule has 60 valence electrons. The van der Waals surface area contributed by atoms with Crippen LogP contribution >= 0.6 is 0 Å². The fourth-order valence-electron chi connectivity index (χ4n) is 0.557. The molecule has 0 atom stereocenters. The second kappa shape index (κ2) is 3.99. The van der Waals surface area contributed by atoms with Crippen LogP contribution in [-0.4, -0.2) is 18.4 Å². The van der Waals surface area contributed by atoms with Gasteiger partial charge < -0.3 is 0 Å². The summed E-state index contributed by atoms with van der Waals surface area (Å²) in [6, 6.07) is 1.67. The zero-order valence-corrected chi connectivity index (χ0v) is 6.49. The Kier molecular flexibility index (Phi) is 2.94. The van der Waals surface area contributed by atoms with Crippen molar-refractivity contribution < 1.29 is 8.42 Å². The van der Waals surface area contributed by atoms with Crippen LogP contribution in [0.15, 0.2) is 18.5 Å². The summed E-state index contributed by atoms with van der Waals surface area (Å²) in [5.74, 6) is 0.465. The third-order valence-electron chi connectivity index (χ3n) is 0.986. The predicted octanol–water partition coefficient (Wildman–Crippen LogP) is -0.907. The van der Waals surface area contributed by atoms with Crippen LogP contribution in [0.25, 0.3) is 0 Å². The van der Waals surface area contributed by atoms with Gasteiger partial charge in [-0.1, -0.05) is 0 Å². The van der Waals surface area contributed by atoms with E-state index >= 15 is 0 Å². The van der Waals surface area contributed by atoms with Gasteiger partial charge in [0.05, 0.1) is 6.54 Å². The van der Waals surface area contributed by atoms with E-state index < -0.39 is 10.9 Å². The first-order valence-electron chi connectivity index (χ1n) is 2.93. The maximum Gasteiger partial charge on any atom is 0.201 e. The minimum absolute atomic E-state index is 0.152. The molecule has 0 aliphatic heterocycles. The van der Waals surface area contributed by atoms with Gasteiger partial charge in [0.1, 0.15) is 5.82 Å². The van der Waals surface area contributed by atoms with Gasteiger partial charge in [-0.25, -0.2) is 23.1 Å². The zero-order chi connectivity index (χ0) is 8.10. The van der Waals surface area contributed by atoms with E-state index in [-0.39, 0.29) is 6.54 Å². The Morgan fingerprint density at radius 2 is 2.00 bits per heavy atom. The first-order valence-corrected chi connectivity index (χ1v) is 4.10. The minimum atomic E-state index is -2.55. The topological polar surface area (TPSA) is 72.0 Å². The third-order valence-corrected chi connectivity index (χ3v) is 1.40. The zero-order valence-electron chi connectivity index (χ0n) is 5.60. The lowest BCUT2D eigenvalue weighted by Crippen LogP contribution is -2.12. The number of hydrogen-bond acceptors (Lipinski definition) is 4. The highest BCUT2D eigenvalue weighted by molar-refractivity contribution is 7.70. The first-order chi connectivity index (χ1) is 5.29. The lowest BCUT2D eigenvalue weighted by molar-refractivity contribution is 0.599. The van der Waals surface area contributed by atoms with Crippen molar-refractivity contribution in [3.05, 3.63) is 24.3 Å². The van der Waals surface area contributed by atoms with E-state index in [2.05, 4.69) is 14.7 Å². The van der Waals surface area contributed by atoms with Gasteiger partial charge in [-0.05, 0) is 6.07 Å². The van der Waals surface area contributed by atoms with E-state index in [9.17, 15) is 8.42 Å². The molecule has 0 aliphatic carbocycles. The van der Waals surface area contributed by atoms with Crippen molar-refractivity contribution in [2.45, 2.75) is 6.54 Å². The Morgan fingerprint density at radius 1 is 1.36 bits per heavy atom. The van der Waals surface area contributed by atoms with Crippen LogP contribution in [0.4, 0.5) is 0 Å². The van der Waals surface area contributed by atoms with Gasteiger partial charge in [0.15, 0.2) is 0 Å². The fraction of sp³-hybridized carbons (Fsp3) is 0.200. The number of thiol groups is 1. The van der Waals surface area contributed by atoms with Gasteiger partial charge >= 0.3 is 0 Å². The van der Waals surface area contributed by atoms with Gasteiger partial charge in [0.25, 0.3) is 0 Å². The fourth-order valence-corrected chi connectivity index (χ4v) is 0.827. The van der Waals surface area contributed by atoms with Crippen molar-refractivity contribution >= 4 is 10.9 Å². The average Bonchev–Trinajstić information content (AvgIpc) is 2.03. The molecule has 0 fully saturated rings. The van der Waals surface area contributed by atoms with Gasteiger partial charge in [0.2, 0.25) is 10.9 Å². The molecule has 1 aromatic heterocycles. The number of hydrogen-bond donors (Lipinski definition) is 2. The molecule has 11 heavy (non-hydrogen) atoms. The summed E-state index contributed by atoms with van der Waals surface area (Å²) in [4.78, 5) is 7.62. The highest BCUT2D eigenvalue weighted by Crippen LogP contribution is 1.84. The molecule has 5 nitrogen and oxygen atoms in total. The number of aromatic nitrogens is 2. The molecule has 0 saturated heterocycles. The Hall–Kier alpha value is -1.01. The summed E-state index contributed by atoms with van der Waals surface area (Å²) in [7, 11) is -2.55. The lowest BCUT2D eigenvalue weighted by Gasteiger charge is -1.93. The van der Waals surface area contributed by atoms with Crippen LogP contribution in [0.3, 0.4) is 0 Å². The number of nitrogens with one attached hydrogen (secondary N) is 1. The lowest BCUT2D eigenvalue weighted by atomic mass is 10.6. The highest BCUT2D eigenvalue weighted by Gasteiger charge is 1.92. The Bertz CT molecular complexity index is 277. The molecule has 0 aromatic carbocycles. The van der Waals surface area contributed by atoms with E-state index in [4.69, 9.17) is 0 Å². The molecule has 0 radical (unpaired) electrons. The average molecular weight is 173 g/mol. The molecular formula is C5H7N3O2S. The van der Waals surface area contributed by atoms with Crippen LogP contribution < -0.4 is 4.72 Å². The Morgan fingerprint density at radius 3 is 2.55 bits per heavy atom. The van der Waals surface area contributed by atoms with Crippen LogP contribution in [-0.2, 0) is 17.4 Å². The van der Waals surface area contributed by atoms with Gasteiger partial charge in [-0.15, -0.1) is 0 Å².